The van der Waals surface area contributed by atoms with Crippen LogP contribution in [0.1, 0.15) is 0 Å². The fourth-order valence-corrected chi connectivity index (χ4v) is 2.10. The van der Waals surface area contributed by atoms with Crippen molar-refractivity contribution in [3.05, 3.63) is 60.4 Å². The molecule has 0 bridgehead atoms. The molecule has 0 heterocycles. The highest BCUT2D eigenvalue weighted by Gasteiger charge is 2.02. The van der Waals surface area contributed by atoms with Gasteiger partial charge >= 0.3 is 0 Å². The van der Waals surface area contributed by atoms with Crippen LogP contribution in [-0.4, -0.2) is 4.21 Å². The van der Waals surface area contributed by atoms with E-state index in [9.17, 15) is 8.60 Å². The molecule has 4 heteroatoms. The Morgan fingerprint density at radius 1 is 0.938 bits per heavy atom. The molecule has 0 aliphatic carbocycles. The molecule has 0 saturated heterocycles. The smallest absolute Gasteiger partial charge is 0.150 e. The van der Waals surface area contributed by atoms with Crippen LogP contribution in [0.3, 0.4) is 0 Å². The van der Waals surface area contributed by atoms with Gasteiger partial charge in [0.15, 0.2) is 0 Å². The number of rotatable bonds is 3. The summed E-state index contributed by atoms with van der Waals surface area (Å²) >= 11 is 0. The van der Waals surface area contributed by atoms with Gasteiger partial charge in [0.2, 0.25) is 0 Å². The van der Waals surface area contributed by atoms with Crippen LogP contribution < -0.4 is 4.72 Å². The van der Waals surface area contributed by atoms with Crippen LogP contribution in [0.5, 0.6) is 0 Å². The first-order valence-electron chi connectivity index (χ1n) is 4.75. The molecule has 1 unspecified atom stereocenters. The largest absolute Gasteiger partial charge is 0.301 e. The molecule has 0 radical (unpaired) electrons. The Hall–Kier alpha value is -1.68. The number of anilines is 1. The van der Waals surface area contributed by atoms with Crippen molar-refractivity contribution in [1.82, 2.24) is 0 Å². The summed E-state index contributed by atoms with van der Waals surface area (Å²) in [6.45, 7) is 0. The molecule has 0 spiro atoms. The molecule has 2 nitrogen and oxygen atoms in total. The average molecular weight is 235 g/mol. The van der Waals surface area contributed by atoms with Gasteiger partial charge in [0.25, 0.3) is 0 Å². The second kappa shape index (κ2) is 4.90. The summed E-state index contributed by atoms with van der Waals surface area (Å²) in [6.07, 6.45) is 0. The third-order valence-corrected chi connectivity index (χ3v) is 3.13. The Kier molecular flexibility index (Phi) is 3.31. The minimum atomic E-state index is -1.31. The number of nitrogens with one attached hydrogen (secondary N) is 1. The maximum atomic E-state index is 12.6. The monoisotopic (exact) mass is 235 g/mol. The van der Waals surface area contributed by atoms with E-state index in [1.807, 2.05) is 18.2 Å². The van der Waals surface area contributed by atoms with Crippen LogP contribution in [0.4, 0.5) is 10.1 Å². The number of halogens is 1. The highest BCUT2D eigenvalue weighted by Crippen LogP contribution is 2.12. The Morgan fingerprint density at radius 2 is 1.56 bits per heavy atom. The summed E-state index contributed by atoms with van der Waals surface area (Å²) in [5, 5.41) is 0. The molecular weight excluding hydrogens is 225 g/mol. The Bertz CT molecular complexity index is 484. The molecule has 0 aliphatic rings. The molecule has 1 N–H and O–H groups in total. The minimum Gasteiger partial charge on any atom is -0.301 e. The number of hydrogen-bond acceptors (Lipinski definition) is 1. The van der Waals surface area contributed by atoms with Gasteiger partial charge in [0.05, 0.1) is 4.90 Å². The predicted octanol–water partition coefficient (Wildman–Crippen LogP) is 2.96. The summed E-state index contributed by atoms with van der Waals surface area (Å²) in [4.78, 5) is 0.687. The van der Waals surface area contributed by atoms with E-state index in [0.29, 0.717) is 10.6 Å². The van der Waals surface area contributed by atoms with Gasteiger partial charge in [-0.25, -0.2) is 8.60 Å². The molecule has 0 aliphatic heterocycles. The van der Waals surface area contributed by atoms with Gasteiger partial charge in [-0.2, -0.15) is 0 Å². The average Bonchev–Trinajstić information content (AvgIpc) is 2.33. The van der Waals surface area contributed by atoms with E-state index in [2.05, 4.69) is 4.72 Å². The topological polar surface area (TPSA) is 29.1 Å². The van der Waals surface area contributed by atoms with Gasteiger partial charge in [0.1, 0.15) is 16.8 Å². The molecule has 2 aromatic carbocycles. The molecule has 82 valence electrons. The molecule has 0 amide bonds. The van der Waals surface area contributed by atoms with E-state index in [-0.39, 0.29) is 5.82 Å². The van der Waals surface area contributed by atoms with Gasteiger partial charge in [-0.05, 0) is 36.4 Å². The first kappa shape index (κ1) is 10.8. The molecule has 2 rings (SSSR count). The van der Waals surface area contributed by atoms with Gasteiger partial charge in [-0.15, -0.1) is 0 Å². The first-order valence-corrected chi connectivity index (χ1v) is 5.90. The van der Waals surface area contributed by atoms with Crippen LogP contribution in [-0.2, 0) is 11.0 Å². The molecule has 0 aromatic heterocycles. The lowest BCUT2D eigenvalue weighted by molar-refractivity contribution is 0.628. The lowest BCUT2D eigenvalue weighted by Gasteiger charge is -2.05. The minimum absolute atomic E-state index is 0.309. The zero-order valence-electron chi connectivity index (χ0n) is 8.39. The van der Waals surface area contributed by atoms with Crippen LogP contribution in [0, 0.1) is 5.82 Å². The van der Waals surface area contributed by atoms with Crippen molar-refractivity contribution in [2.75, 3.05) is 4.72 Å². The van der Waals surface area contributed by atoms with E-state index in [1.165, 1.54) is 12.1 Å². The maximum absolute atomic E-state index is 12.6. The lowest BCUT2D eigenvalue weighted by Crippen LogP contribution is -2.04. The third kappa shape index (κ3) is 2.67. The van der Waals surface area contributed by atoms with Crippen molar-refractivity contribution in [3.8, 4) is 0 Å². The normalized spacial score (nSPS) is 12.1. The van der Waals surface area contributed by atoms with Crippen molar-refractivity contribution >= 4 is 16.7 Å². The van der Waals surface area contributed by atoms with Crippen LogP contribution in [0.25, 0.3) is 0 Å². The highest BCUT2D eigenvalue weighted by molar-refractivity contribution is 7.86. The van der Waals surface area contributed by atoms with Crippen molar-refractivity contribution < 1.29 is 8.60 Å². The number of benzene rings is 2. The van der Waals surface area contributed by atoms with Crippen LogP contribution in [0.2, 0.25) is 0 Å². The van der Waals surface area contributed by atoms with Crippen LogP contribution in [0.15, 0.2) is 59.5 Å². The summed E-state index contributed by atoms with van der Waals surface area (Å²) in [6, 6.07) is 14.8. The highest BCUT2D eigenvalue weighted by atomic mass is 32.2. The second-order valence-corrected chi connectivity index (χ2v) is 4.40. The summed E-state index contributed by atoms with van der Waals surface area (Å²) in [5.74, 6) is -0.309. The molecule has 0 fully saturated rings. The SMILES string of the molecule is O=S(Nc1ccc(F)cc1)c1ccccc1. The summed E-state index contributed by atoms with van der Waals surface area (Å²) in [5.41, 5.74) is 0.628. The Morgan fingerprint density at radius 3 is 2.19 bits per heavy atom. The first-order chi connectivity index (χ1) is 7.75. The van der Waals surface area contributed by atoms with E-state index in [4.69, 9.17) is 0 Å². The molecule has 16 heavy (non-hydrogen) atoms. The fourth-order valence-electron chi connectivity index (χ4n) is 1.23. The zero-order valence-corrected chi connectivity index (χ0v) is 9.21. The van der Waals surface area contributed by atoms with Gasteiger partial charge < -0.3 is 4.72 Å². The maximum Gasteiger partial charge on any atom is 0.150 e. The standard InChI is InChI=1S/C12H10FNOS/c13-10-6-8-11(9-7-10)14-16(15)12-4-2-1-3-5-12/h1-9,14H. The van der Waals surface area contributed by atoms with Gasteiger partial charge in [0, 0.05) is 5.69 Å². The summed E-state index contributed by atoms with van der Waals surface area (Å²) in [7, 11) is -1.31. The molecular formula is C12H10FNOS. The Balaban J connectivity index is 2.11. The van der Waals surface area contributed by atoms with Crippen molar-refractivity contribution in [3.63, 3.8) is 0 Å². The quantitative estimate of drug-likeness (QED) is 0.870. The second-order valence-electron chi connectivity index (χ2n) is 3.19. The van der Waals surface area contributed by atoms with Crippen molar-refractivity contribution in [2.24, 2.45) is 0 Å². The van der Waals surface area contributed by atoms with Crippen LogP contribution >= 0.6 is 0 Å². The summed E-state index contributed by atoms with van der Waals surface area (Å²) < 4.78 is 27.2. The Labute approximate surface area is 95.7 Å². The van der Waals surface area contributed by atoms with Crippen molar-refractivity contribution in [1.29, 1.82) is 0 Å². The van der Waals surface area contributed by atoms with E-state index < -0.39 is 11.0 Å². The molecule has 1 atom stereocenters. The number of hydrogen-bond donors (Lipinski definition) is 1. The lowest BCUT2D eigenvalue weighted by atomic mass is 10.3. The van der Waals surface area contributed by atoms with Gasteiger partial charge in [-0.1, -0.05) is 18.2 Å². The molecule has 0 saturated carbocycles. The third-order valence-electron chi connectivity index (χ3n) is 2.01. The predicted molar refractivity (Wildman–Crippen MR) is 62.9 cm³/mol. The van der Waals surface area contributed by atoms with Gasteiger partial charge in [-0.3, -0.25) is 0 Å². The molecule has 2 aromatic rings. The van der Waals surface area contributed by atoms with Crippen molar-refractivity contribution in [2.45, 2.75) is 4.90 Å². The zero-order chi connectivity index (χ0) is 11.4. The van der Waals surface area contributed by atoms with E-state index >= 15 is 0 Å². The van der Waals surface area contributed by atoms with E-state index in [1.54, 1.807) is 24.3 Å². The fraction of sp³-hybridized carbons (Fsp3) is 0. The van der Waals surface area contributed by atoms with E-state index in [0.717, 1.165) is 0 Å².